The summed E-state index contributed by atoms with van der Waals surface area (Å²) < 4.78 is 0. The van der Waals surface area contributed by atoms with Gasteiger partial charge >= 0.3 is 0 Å². The molecule has 0 unspecified atom stereocenters. The summed E-state index contributed by atoms with van der Waals surface area (Å²) in [7, 11) is 0. The van der Waals surface area contributed by atoms with Gasteiger partial charge in [-0.1, -0.05) is 84.9 Å². The van der Waals surface area contributed by atoms with Crippen LogP contribution in [0.25, 0.3) is 43.4 Å². The molecular formula is C26H20. The van der Waals surface area contributed by atoms with E-state index in [4.69, 9.17) is 0 Å². The van der Waals surface area contributed by atoms with Gasteiger partial charge in [-0.2, -0.15) is 0 Å². The van der Waals surface area contributed by atoms with Crippen molar-refractivity contribution in [3.63, 3.8) is 0 Å². The summed E-state index contributed by atoms with van der Waals surface area (Å²) in [4.78, 5) is 0. The smallest absolute Gasteiger partial charge is 0.00237 e. The topological polar surface area (TPSA) is 0 Å². The van der Waals surface area contributed by atoms with E-state index in [0.717, 1.165) is 0 Å². The molecule has 0 aromatic heterocycles. The third kappa shape index (κ3) is 2.09. The van der Waals surface area contributed by atoms with Crippen LogP contribution >= 0.6 is 0 Å². The highest BCUT2D eigenvalue weighted by Gasteiger charge is 2.15. The van der Waals surface area contributed by atoms with Gasteiger partial charge in [0, 0.05) is 0 Å². The fourth-order valence-corrected chi connectivity index (χ4v) is 4.33. The maximum absolute atomic E-state index is 2.29. The van der Waals surface area contributed by atoms with E-state index in [2.05, 4.69) is 98.8 Å². The quantitative estimate of drug-likeness (QED) is 0.280. The zero-order chi connectivity index (χ0) is 17.7. The van der Waals surface area contributed by atoms with Crippen LogP contribution in [0, 0.1) is 13.8 Å². The van der Waals surface area contributed by atoms with Crippen molar-refractivity contribution < 1.29 is 0 Å². The lowest BCUT2D eigenvalue weighted by Gasteiger charge is -2.18. The second kappa shape index (κ2) is 5.71. The molecule has 0 saturated carbocycles. The Hall–Kier alpha value is -3.12. The van der Waals surface area contributed by atoms with E-state index in [0.29, 0.717) is 0 Å². The fraction of sp³-hybridized carbons (Fsp3) is 0.0769. The SMILES string of the molecule is Cc1ccccc1-c1c(C)c2ccc3ccccc3c2c2ccccc12. The Labute approximate surface area is 153 Å². The lowest BCUT2D eigenvalue weighted by molar-refractivity contribution is 1.44. The van der Waals surface area contributed by atoms with Crippen LogP contribution in [0.1, 0.15) is 11.1 Å². The van der Waals surface area contributed by atoms with Gasteiger partial charge in [-0.25, -0.2) is 0 Å². The van der Waals surface area contributed by atoms with Crippen LogP contribution in [-0.2, 0) is 0 Å². The van der Waals surface area contributed by atoms with E-state index in [1.807, 2.05) is 0 Å². The second-order valence-electron chi connectivity index (χ2n) is 7.07. The Morgan fingerprint density at radius 3 is 1.96 bits per heavy atom. The first-order chi connectivity index (χ1) is 12.8. The first-order valence-electron chi connectivity index (χ1n) is 9.14. The number of fused-ring (bicyclic) bond motifs is 5. The molecule has 0 radical (unpaired) electrons. The Morgan fingerprint density at radius 1 is 0.500 bits per heavy atom. The molecule has 124 valence electrons. The highest BCUT2D eigenvalue weighted by atomic mass is 14.2. The molecule has 26 heavy (non-hydrogen) atoms. The largest absolute Gasteiger partial charge is 0.0620 e. The van der Waals surface area contributed by atoms with Gasteiger partial charge in [0.1, 0.15) is 0 Å². The molecular weight excluding hydrogens is 312 g/mol. The van der Waals surface area contributed by atoms with Crippen molar-refractivity contribution in [2.45, 2.75) is 13.8 Å². The molecule has 0 heterocycles. The molecule has 0 N–H and O–H groups in total. The summed E-state index contributed by atoms with van der Waals surface area (Å²) in [5.74, 6) is 0. The molecule has 0 atom stereocenters. The fourth-order valence-electron chi connectivity index (χ4n) is 4.33. The number of aryl methyl sites for hydroxylation is 2. The van der Waals surface area contributed by atoms with Crippen molar-refractivity contribution in [1.29, 1.82) is 0 Å². The molecule has 0 aliphatic rings. The molecule has 5 aromatic carbocycles. The Bertz CT molecular complexity index is 1290. The van der Waals surface area contributed by atoms with Crippen molar-refractivity contribution in [3.8, 4) is 11.1 Å². The average Bonchev–Trinajstić information content (AvgIpc) is 2.69. The molecule has 5 aromatic rings. The van der Waals surface area contributed by atoms with Gasteiger partial charge in [-0.3, -0.25) is 0 Å². The van der Waals surface area contributed by atoms with Crippen LogP contribution in [-0.4, -0.2) is 0 Å². The minimum absolute atomic E-state index is 1.30. The van der Waals surface area contributed by atoms with Gasteiger partial charge in [0.15, 0.2) is 0 Å². The van der Waals surface area contributed by atoms with Gasteiger partial charge in [-0.15, -0.1) is 0 Å². The first kappa shape index (κ1) is 15.2. The maximum atomic E-state index is 2.29. The van der Waals surface area contributed by atoms with Gasteiger partial charge in [0.2, 0.25) is 0 Å². The minimum atomic E-state index is 1.30. The van der Waals surface area contributed by atoms with Crippen LogP contribution in [0.5, 0.6) is 0 Å². The van der Waals surface area contributed by atoms with Crippen molar-refractivity contribution in [3.05, 3.63) is 96.1 Å². The van der Waals surface area contributed by atoms with E-state index in [1.165, 1.54) is 54.6 Å². The summed E-state index contributed by atoms with van der Waals surface area (Å²) in [6, 6.07) is 30.8. The Kier molecular flexibility index (Phi) is 3.33. The van der Waals surface area contributed by atoms with Gasteiger partial charge in [0.05, 0.1) is 0 Å². The third-order valence-corrected chi connectivity index (χ3v) is 5.59. The molecule has 0 saturated heterocycles. The van der Waals surface area contributed by atoms with Crippen molar-refractivity contribution in [1.82, 2.24) is 0 Å². The average molecular weight is 332 g/mol. The predicted molar refractivity (Wildman–Crippen MR) is 114 cm³/mol. The van der Waals surface area contributed by atoms with E-state index in [9.17, 15) is 0 Å². The number of rotatable bonds is 1. The van der Waals surface area contributed by atoms with Crippen molar-refractivity contribution in [2.75, 3.05) is 0 Å². The predicted octanol–water partition coefficient (Wildman–Crippen LogP) is 7.43. The first-order valence-corrected chi connectivity index (χ1v) is 9.14. The molecule has 0 bridgehead atoms. The van der Waals surface area contributed by atoms with Crippen molar-refractivity contribution in [2.24, 2.45) is 0 Å². The lowest BCUT2D eigenvalue weighted by Crippen LogP contribution is -1.92. The summed E-state index contributed by atoms with van der Waals surface area (Å²) >= 11 is 0. The van der Waals surface area contributed by atoms with Crippen LogP contribution < -0.4 is 0 Å². The van der Waals surface area contributed by atoms with E-state index >= 15 is 0 Å². The Morgan fingerprint density at radius 2 is 1.15 bits per heavy atom. The zero-order valence-corrected chi connectivity index (χ0v) is 15.1. The molecule has 0 nitrogen and oxygen atoms in total. The highest BCUT2D eigenvalue weighted by Crippen LogP contribution is 2.42. The molecule has 0 aliphatic carbocycles. The Balaban J connectivity index is 2.07. The van der Waals surface area contributed by atoms with E-state index < -0.39 is 0 Å². The summed E-state index contributed by atoms with van der Waals surface area (Å²) in [5, 5.41) is 8.02. The molecule has 0 spiro atoms. The van der Waals surface area contributed by atoms with Gasteiger partial charge in [-0.05, 0) is 68.4 Å². The third-order valence-electron chi connectivity index (χ3n) is 5.59. The number of hydrogen-bond donors (Lipinski definition) is 0. The number of hydrogen-bond acceptors (Lipinski definition) is 0. The molecule has 0 amide bonds. The van der Waals surface area contributed by atoms with Crippen LogP contribution in [0.4, 0.5) is 0 Å². The summed E-state index contributed by atoms with van der Waals surface area (Å²) in [6.07, 6.45) is 0. The van der Waals surface area contributed by atoms with Crippen molar-refractivity contribution >= 4 is 32.3 Å². The van der Waals surface area contributed by atoms with Gasteiger partial charge < -0.3 is 0 Å². The van der Waals surface area contributed by atoms with Crippen LogP contribution in [0.15, 0.2) is 84.9 Å². The normalized spacial score (nSPS) is 11.5. The monoisotopic (exact) mass is 332 g/mol. The molecule has 5 rings (SSSR count). The van der Waals surface area contributed by atoms with Gasteiger partial charge in [0.25, 0.3) is 0 Å². The summed E-state index contributed by atoms with van der Waals surface area (Å²) in [6.45, 7) is 4.47. The molecule has 0 heteroatoms. The summed E-state index contributed by atoms with van der Waals surface area (Å²) in [5.41, 5.74) is 5.37. The number of benzene rings is 5. The lowest BCUT2D eigenvalue weighted by atomic mass is 9.85. The van der Waals surface area contributed by atoms with E-state index in [-0.39, 0.29) is 0 Å². The standard InChI is InChI=1S/C26H20/c1-17-9-3-5-11-20(17)25-18(2)21-16-15-19-10-4-6-12-22(19)26(21)24-14-8-7-13-23(24)25/h3-16H,1-2H3. The zero-order valence-electron chi connectivity index (χ0n) is 15.1. The van der Waals surface area contributed by atoms with Crippen LogP contribution in [0.2, 0.25) is 0 Å². The molecule has 0 aliphatic heterocycles. The molecule has 0 fully saturated rings. The van der Waals surface area contributed by atoms with E-state index in [1.54, 1.807) is 0 Å². The maximum Gasteiger partial charge on any atom is -0.00237 e. The highest BCUT2D eigenvalue weighted by molar-refractivity contribution is 6.24. The van der Waals surface area contributed by atoms with Crippen LogP contribution in [0.3, 0.4) is 0 Å². The second-order valence-corrected chi connectivity index (χ2v) is 7.07. The minimum Gasteiger partial charge on any atom is -0.0620 e.